The summed E-state index contributed by atoms with van der Waals surface area (Å²) in [6.07, 6.45) is 2.23. The van der Waals surface area contributed by atoms with Crippen LogP contribution in [0.25, 0.3) is 0 Å². The monoisotopic (exact) mass is 340 g/mol. The smallest absolute Gasteiger partial charge is 0.223 e. The normalized spacial score (nSPS) is 11.5. The third-order valence-corrected chi connectivity index (χ3v) is 5.33. The predicted octanol–water partition coefficient (Wildman–Crippen LogP) is 2.49. The van der Waals surface area contributed by atoms with Gasteiger partial charge in [-0.05, 0) is 30.4 Å². The van der Waals surface area contributed by atoms with Gasteiger partial charge in [-0.15, -0.1) is 0 Å². The molecule has 0 aliphatic carbocycles. The number of nitrogens with zero attached hydrogens (tertiary/aromatic N) is 1. The lowest BCUT2D eigenvalue weighted by molar-refractivity contribution is -0.116. The molecule has 1 rings (SSSR count). The van der Waals surface area contributed by atoms with Crippen molar-refractivity contribution in [1.82, 2.24) is 4.72 Å². The van der Waals surface area contributed by atoms with E-state index in [0.717, 1.165) is 29.7 Å². The van der Waals surface area contributed by atoms with Crippen LogP contribution in [0.5, 0.6) is 0 Å². The van der Waals surface area contributed by atoms with Gasteiger partial charge >= 0.3 is 0 Å². The Labute approximate surface area is 140 Å². The molecule has 1 aromatic rings. The summed E-state index contributed by atoms with van der Waals surface area (Å²) in [5.41, 5.74) is 3.15. The molecule has 6 heteroatoms. The van der Waals surface area contributed by atoms with E-state index in [1.165, 1.54) is 6.92 Å². The number of para-hydroxylation sites is 1. The molecule has 23 heavy (non-hydrogen) atoms. The minimum Gasteiger partial charge on any atom is -0.311 e. The summed E-state index contributed by atoms with van der Waals surface area (Å²) in [6.45, 7) is 8.02. The van der Waals surface area contributed by atoms with Gasteiger partial charge in [0, 0.05) is 20.0 Å². The van der Waals surface area contributed by atoms with Crippen LogP contribution in [0.4, 0.5) is 5.69 Å². The molecule has 0 saturated heterocycles. The van der Waals surface area contributed by atoms with Crippen molar-refractivity contribution in [2.24, 2.45) is 0 Å². The summed E-state index contributed by atoms with van der Waals surface area (Å²) >= 11 is 0. The number of anilines is 1. The van der Waals surface area contributed by atoms with Crippen molar-refractivity contribution in [2.45, 2.75) is 47.0 Å². The Morgan fingerprint density at radius 3 is 2.13 bits per heavy atom. The molecule has 130 valence electrons. The summed E-state index contributed by atoms with van der Waals surface area (Å²) in [5.74, 6) is 0.0361. The summed E-state index contributed by atoms with van der Waals surface area (Å²) in [7, 11) is -3.25. The zero-order chi connectivity index (χ0) is 17.5. The molecule has 0 fully saturated rings. The van der Waals surface area contributed by atoms with Crippen LogP contribution in [-0.2, 0) is 27.7 Å². The average molecular weight is 340 g/mol. The van der Waals surface area contributed by atoms with Gasteiger partial charge in [-0.1, -0.05) is 39.0 Å². The van der Waals surface area contributed by atoms with Crippen LogP contribution in [0.2, 0.25) is 0 Å². The number of carbonyl (C=O) groups excluding carboxylic acids is 1. The highest BCUT2D eigenvalue weighted by Crippen LogP contribution is 2.27. The second-order valence-corrected chi connectivity index (χ2v) is 7.44. The molecule has 0 aliphatic heterocycles. The van der Waals surface area contributed by atoms with Gasteiger partial charge in [0.15, 0.2) is 0 Å². The molecule has 1 N–H and O–H groups in total. The minimum atomic E-state index is -3.25. The molecule has 0 aromatic heterocycles. The van der Waals surface area contributed by atoms with Gasteiger partial charge in [0.25, 0.3) is 0 Å². The van der Waals surface area contributed by atoms with E-state index >= 15 is 0 Å². The van der Waals surface area contributed by atoms with Gasteiger partial charge in [0.1, 0.15) is 0 Å². The molecule has 0 radical (unpaired) electrons. The van der Waals surface area contributed by atoms with Gasteiger partial charge in [0.05, 0.1) is 11.4 Å². The number of benzene rings is 1. The first kappa shape index (κ1) is 19.6. The largest absolute Gasteiger partial charge is 0.311 e. The fourth-order valence-electron chi connectivity index (χ4n) is 2.64. The quantitative estimate of drug-likeness (QED) is 0.751. The van der Waals surface area contributed by atoms with Gasteiger partial charge in [-0.2, -0.15) is 0 Å². The van der Waals surface area contributed by atoms with Crippen LogP contribution in [0, 0.1) is 0 Å². The fraction of sp³-hybridized carbons (Fsp3) is 0.588. The third-order valence-electron chi connectivity index (χ3n) is 3.75. The Kier molecular flexibility index (Phi) is 7.72. The zero-order valence-electron chi connectivity index (χ0n) is 14.6. The molecule has 0 saturated carbocycles. The summed E-state index contributed by atoms with van der Waals surface area (Å²) < 4.78 is 26.1. The van der Waals surface area contributed by atoms with Gasteiger partial charge in [-0.25, -0.2) is 13.1 Å². The Hall–Kier alpha value is -1.40. The van der Waals surface area contributed by atoms with Crippen molar-refractivity contribution in [1.29, 1.82) is 0 Å². The van der Waals surface area contributed by atoms with E-state index in [9.17, 15) is 13.2 Å². The lowest BCUT2D eigenvalue weighted by Crippen LogP contribution is -2.39. The topological polar surface area (TPSA) is 66.5 Å². The van der Waals surface area contributed by atoms with E-state index < -0.39 is 10.0 Å². The second-order valence-electron chi connectivity index (χ2n) is 5.52. The van der Waals surface area contributed by atoms with Gasteiger partial charge in [-0.3, -0.25) is 4.79 Å². The van der Waals surface area contributed by atoms with Gasteiger partial charge in [0.2, 0.25) is 15.9 Å². The predicted molar refractivity (Wildman–Crippen MR) is 95.3 cm³/mol. The fourth-order valence-corrected chi connectivity index (χ4v) is 3.73. The standard InChI is InChI=1S/C17H28N2O3S/c1-5-13-23(21,22)18-11-12-19(14(4)20)17-15(6-2)9-8-10-16(17)7-3/h8-10,18H,5-7,11-13H2,1-4H3. The SMILES string of the molecule is CCCS(=O)(=O)NCCN(C(C)=O)c1c(CC)cccc1CC. The number of nitrogens with one attached hydrogen (secondary N) is 1. The lowest BCUT2D eigenvalue weighted by atomic mass is 10.0. The van der Waals surface area contributed by atoms with E-state index in [0.29, 0.717) is 13.0 Å². The molecule has 0 spiro atoms. The number of hydrogen-bond donors (Lipinski definition) is 1. The van der Waals surface area contributed by atoms with Crippen LogP contribution >= 0.6 is 0 Å². The average Bonchev–Trinajstić information content (AvgIpc) is 2.50. The highest BCUT2D eigenvalue weighted by atomic mass is 32.2. The van der Waals surface area contributed by atoms with Crippen LogP contribution in [0.15, 0.2) is 18.2 Å². The van der Waals surface area contributed by atoms with Crippen molar-refractivity contribution in [3.8, 4) is 0 Å². The van der Waals surface area contributed by atoms with Crippen LogP contribution < -0.4 is 9.62 Å². The third kappa shape index (κ3) is 5.62. The number of amides is 1. The molecular weight excluding hydrogens is 312 g/mol. The highest BCUT2D eigenvalue weighted by molar-refractivity contribution is 7.89. The summed E-state index contributed by atoms with van der Waals surface area (Å²) in [5, 5.41) is 0. The number of sulfonamides is 1. The molecule has 0 heterocycles. The molecule has 0 bridgehead atoms. The molecule has 5 nitrogen and oxygen atoms in total. The van der Waals surface area contributed by atoms with E-state index in [1.54, 1.807) is 4.90 Å². The summed E-state index contributed by atoms with van der Waals surface area (Å²) in [6, 6.07) is 6.04. The number of rotatable bonds is 9. The molecule has 1 aromatic carbocycles. The first-order valence-electron chi connectivity index (χ1n) is 8.22. The molecular formula is C17H28N2O3S. The summed E-state index contributed by atoms with van der Waals surface area (Å²) in [4.78, 5) is 13.8. The van der Waals surface area contributed by atoms with E-state index in [4.69, 9.17) is 0 Å². The Morgan fingerprint density at radius 1 is 1.13 bits per heavy atom. The maximum absolute atomic E-state index is 12.1. The van der Waals surface area contributed by atoms with Crippen LogP contribution in [0.3, 0.4) is 0 Å². The second kappa shape index (κ2) is 9.03. The minimum absolute atomic E-state index is 0.0738. The van der Waals surface area contributed by atoms with E-state index in [-0.39, 0.29) is 18.2 Å². The van der Waals surface area contributed by atoms with Crippen LogP contribution in [0.1, 0.15) is 45.2 Å². The molecule has 0 atom stereocenters. The Morgan fingerprint density at radius 2 is 1.70 bits per heavy atom. The van der Waals surface area contributed by atoms with Crippen molar-refractivity contribution in [2.75, 3.05) is 23.7 Å². The number of aryl methyl sites for hydroxylation is 2. The number of hydrogen-bond acceptors (Lipinski definition) is 3. The van der Waals surface area contributed by atoms with Crippen molar-refractivity contribution in [3.63, 3.8) is 0 Å². The molecule has 0 unspecified atom stereocenters. The Balaban J connectivity index is 2.98. The van der Waals surface area contributed by atoms with E-state index in [2.05, 4.69) is 18.6 Å². The maximum Gasteiger partial charge on any atom is 0.223 e. The van der Waals surface area contributed by atoms with Gasteiger partial charge < -0.3 is 4.90 Å². The highest BCUT2D eigenvalue weighted by Gasteiger charge is 2.18. The van der Waals surface area contributed by atoms with Crippen LogP contribution in [-0.4, -0.2) is 33.2 Å². The van der Waals surface area contributed by atoms with Crippen molar-refractivity contribution in [3.05, 3.63) is 29.3 Å². The first-order chi connectivity index (χ1) is 10.9. The van der Waals surface area contributed by atoms with E-state index in [1.807, 2.05) is 25.1 Å². The Bertz CT molecular complexity index is 604. The molecule has 1 amide bonds. The van der Waals surface area contributed by atoms with Crippen molar-refractivity contribution >= 4 is 21.6 Å². The maximum atomic E-state index is 12.1. The first-order valence-corrected chi connectivity index (χ1v) is 9.87. The van der Waals surface area contributed by atoms with Crippen molar-refractivity contribution < 1.29 is 13.2 Å². The lowest BCUT2D eigenvalue weighted by Gasteiger charge is -2.26. The zero-order valence-corrected chi connectivity index (χ0v) is 15.4. The number of carbonyl (C=O) groups is 1. The molecule has 0 aliphatic rings.